The number of carbonyl (C=O) groups excluding carboxylic acids is 1. The molecule has 200 valence electrons. The molecule has 2 fully saturated rings. The summed E-state index contributed by atoms with van der Waals surface area (Å²) in [4.78, 5) is 47.7. The molecular formula is C22H19ClFN5O9. The van der Waals surface area contributed by atoms with Gasteiger partial charge in [0.2, 0.25) is 5.28 Å². The van der Waals surface area contributed by atoms with Crippen molar-refractivity contribution in [3.63, 3.8) is 0 Å². The van der Waals surface area contributed by atoms with Gasteiger partial charge in [-0.1, -0.05) is 12.1 Å². The Bertz CT molecular complexity index is 1450. The third kappa shape index (κ3) is 3.74. The molecule has 5 atom stereocenters. The van der Waals surface area contributed by atoms with Crippen LogP contribution >= 0.6 is 11.6 Å². The van der Waals surface area contributed by atoms with Crippen molar-refractivity contribution in [2.45, 2.75) is 42.2 Å². The van der Waals surface area contributed by atoms with Gasteiger partial charge < -0.3 is 35.3 Å². The smallest absolute Gasteiger partial charge is 0.348 e. The summed E-state index contributed by atoms with van der Waals surface area (Å²) in [5.74, 6) is -4.48. The number of nitrogen functional groups attached to an aromatic ring is 1. The lowest BCUT2D eigenvalue weighted by molar-refractivity contribution is -0.194. The molecule has 3 heterocycles. The number of ether oxygens (including phenoxy) is 3. The lowest BCUT2D eigenvalue weighted by atomic mass is 9.93. The van der Waals surface area contributed by atoms with Crippen LogP contribution < -0.4 is 5.73 Å². The van der Waals surface area contributed by atoms with Crippen molar-refractivity contribution in [2.75, 3.05) is 12.8 Å². The average Bonchev–Trinajstić information content (AvgIpc) is 3.12. The molecule has 0 amide bonds. The maximum atomic E-state index is 15.6. The summed E-state index contributed by atoms with van der Waals surface area (Å²) in [6, 6.07) is 5.29. The lowest BCUT2D eigenvalue weighted by Crippen LogP contribution is -2.53. The second kappa shape index (κ2) is 8.83. The molecule has 1 aliphatic carbocycles. The number of carbonyl (C=O) groups is 3. The van der Waals surface area contributed by atoms with Crippen molar-refractivity contribution in [1.29, 1.82) is 0 Å². The number of halogens is 2. The van der Waals surface area contributed by atoms with E-state index in [-0.39, 0.29) is 33.4 Å². The van der Waals surface area contributed by atoms with E-state index in [1.807, 2.05) is 0 Å². The standard InChI is InChI=1S/C22H19ClFN5O9/c1-36-17(30)9-4-2-8(3-5-9)6-21(18(31)32,19(33)34)38-13-12-22(13,35)11(24)16(37-12)29-7-26-10-14(25)27-20(23)28-15(10)29/h2-5,7,11-13,16,35H,6H2,1H3,(H,31,32)(H,33,34)(H2,25,27,28)/t11-,12-,13?,16-,22+/m1/s1. The zero-order valence-corrected chi connectivity index (χ0v) is 20.1. The maximum Gasteiger partial charge on any atom is 0.348 e. The summed E-state index contributed by atoms with van der Waals surface area (Å²) in [6.07, 6.45) is -6.27. The van der Waals surface area contributed by atoms with Gasteiger partial charge in [-0.3, -0.25) is 4.57 Å². The SMILES string of the molecule is COC(=O)c1ccc(CC(OC2[C@H]3O[C@@H](n4cnc5c(N)nc(Cl)nc54)[C@@H](F)[C@@]23O)(C(=O)O)C(=O)O)cc1. The maximum absolute atomic E-state index is 15.6. The number of aliphatic hydroxyl groups is 1. The van der Waals surface area contributed by atoms with E-state index in [2.05, 4.69) is 19.7 Å². The molecule has 5 rings (SSSR count). The van der Waals surface area contributed by atoms with Gasteiger partial charge in [-0.15, -0.1) is 0 Å². The van der Waals surface area contributed by atoms with Crippen molar-refractivity contribution in [2.24, 2.45) is 0 Å². The minimum absolute atomic E-state index is 0.0262. The van der Waals surface area contributed by atoms with E-state index in [1.54, 1.807) is 0 Å². The van der Waals surface area contributed by atoms with Gasteiger partial charge in [-0.25, -0.2) is 23.8 Å². The zero-order chi connectivity index (χ0) is 27.6. The van der Waals surface area contributed by atoms with Crippen molar-refractivity contribution in [3.8, 4) is 0 Å². The topological polar surface area (TPSA) is 209 Å². The molecule has 1 saturated carbocycles. The van der Waals surface area contributed by atoms with Crippen LogP contribution in [0, 0.1) is 0 Å². The number of carboxylic acid groups (broad SMARTS) is 2. The molecule has 16 heteroatoms. The number of hydrogen-bond donors (Lipinski definition) is 4. The third-order valence-corrected chi connectivity index (χ3v) is 6.77. The van der Waals surface area contributed by atoms with Gasteiger partial charge in [-0.2, -0.15) is 9.97 Å². The Hall–Kier alpha value is -3.92. The molecule has 5 N–H and O–H groups in total. The van der Waals surface area contributed by atoms with Crippen molar-refractivity contribution < 1.29 is 48.3 Å². The molecule has 2 aliphatic rings. The van der Waals surface area contributed by atoms with Crippen molar-refractivity contribution in [1.82, 2.24) is 19.5 Å². The highest BCUT2D eigenvalue weighted by Gasteiger charge is 2.80. The number of nitrogens with zero attached hydrogens (tertiary/aromatic N) is 4. The molecule has 0 radical (unpaired) electrons. The highest BCUT2D eigenvalue weighted by molar-refractivity contribution is 6.28. The normalized spacial score (nSPS) is 26.2. The lowest BCUT2D eigenvalue weighted by Gasteiger charge is -2.28. The molecule has 1 aliphatic heterocycles. The first-order valence-corrected chi connectivity index (χ1v) is 11.3. The van der Waals surface area contributed by atoms with E-state index >= 15 is 4.39 Å². The van der Waals surface area contributed by atoms with Gasteiger partial charge in [-0.05, 0) is 29.3 Å². The van der Waals surface area contributed by atoms with Crippen LogP contribution in [0.5, 0.6) is 0 Å². The van der Waals surface area contributed by atoms with Gasteiger partial charge in [0.25, 0.3) is 5.60 Å². The van der Waals surface area contributed by atoms with E-state index in [1.165, 1.54) is 31.4 Å². The van der Waals surface area contributed by atoms with Gasteiger partial charge in [0, 0.05) is 6.42 Å². The van der Waals surface area contributed by atoms with Crippen molar-refractivity contribution >= 4 is 46.5 Å². The Balaban J connectivity index is 1.39. The van der Waals surface area contributed by atoms with E-state index in [0.29, 0.717) is 0 Å². The Morgan fingerprint density at radius 1 is 1.24 bits per heavy atom. The van der Waals surface area contributed by atoms with Crippen LogP contribution in [0.15, 0.2) is 30.6 Å². The quantitative estimate of drug-likeness (QED) is 0.169. The number of carboxylic acids is 2. The number of benzene rings is 1. The number of fused-ring (bicyclic) bond motifs is 2. The van der Waals surface area contributed by atoms with E-state index < -0.39 is 60.1 Å². The Morgan fingerprint density at radius 3 is 2.45 bits per heavy atom. The fraction of sp³-hybridized carbons (Fsp3) is 0.364. The Labute approximate surface area is 216 Å². The number of imidazole rings is 1. The van der Waals surface area contributed by atoms with Gasteiger partial charge in [0.15, 0.2) is 29.5 Å². The number of aliphatic carboxylic acids is 2. The second-order valence-corrected chi connectivity index (χ2v) is 9.12. The first kappa shape index (κ1) is 25.7. The summed E-state index contributed by atoms with van der Waals surface area (Å²) in [7, 11) is 1.18. The van der Waals surface area contributed by atoms with Gasteiger partial charge in [0.1, 0.15) is 17.7 Å². The van der Waals surface area contributed by atoms with Crippen LogP contribution in [-0.2, 0) is 30.2 Å². The summed E-state index contributed by atoms with van der Waals surface area (Å²) < 4.78 is 32.3. The van der Waals surface area contributed by atoms with Crippen LogP contribution in [0.4, 0.5) is 10.2 Å². The highest BCUT2D eigenvalue weighted by Crippen LogP contribution is 2.58. The molecule has 2 aromatic heterocycles. The van der Waals surface area contributed by atoms with E-state index in [0.717, 1.165) is 10.9 Å². The van der Waals surface area contributed by atoms with Crippen LogP contribution in [0.1, 0.15) is 22.1 Å². The molecule has 14 nitrogen and oxygen atoms in total. The number of esters is 1. The molecular weight excluding hydrogens is 533 g/mol. The summed E-state index contributed by atoms with van der Waals surface area (Å²) in [6.45, 7) is 0. The minimum Gasteiger partial charge on any atom is -0.479 e. The largest absolute Gasteiger partial charge is 0.479 e. The number of nitrogens with two attached hydrogens (primary N) is 1. The highest BCUT2D eigenvalue weighted by atomic mass is 35.5. The van der Waals surface area contributed by atoms with Crippen molar-refractivity contribution in [3.05, 3.63) is 47.0 Å². The fourth-order valence-corrected chi connectivity index (χ4v) is 4.67. The predicted octanol–water partition coefficient (Wildman–Crippen LogP) is 0.365. The molecule has 0 bridgehead atoms. The Kier molecular flexibility index (Phi) is 5.98. The zero-order valence-electron chi connectivity index (χ0n) is 19.3. The molecule has 0 spiro atoms. The minimum atomic E-state index is -2.91. The number of rotatable bonds is 8. The van der Waals surface area contributed by atoms with Crippen LogP contribution in [0.25, 0.3) is 11.2 Å². The van der Waals surface area contributed by atoms with Crippen LogP contribution in [0.3, 0.4) is 0 Å². The first-order chi connectivity index (χ1) is 17.9. The summed E-state index contributed by atoms with van der Waals surface area (Å²) in [5.41, 5.74) is 0.947. The van der Waals surface area contributed by atoms with E-state index in [9.17, 15) is 29.7 Å². The monoisotopic (exact) mass is 551 g/mol. The molecule has 1 saturated heterocycles. The third-order valence-electron chi connectivity index (χ3n) is 6.60. The van der Waals surface area contributed by atoms with Gasteiger partial charge in [0.05, 0.1) is 19.0 Å². The number of hydrogen-bond acceptors (Lipinski definition) is 11. The molecule has 3 aromatic rings. The van der Waals surface area contributed by atoms with Crippen LogP contribution in [0.2, 0.25) is 5.28 Å². The molecule has 1 aromatic carbocycles. The number of methoxy groups -OCH3 is 1. The molecule has 38 heavy (non-hydrogen) atoms. The fourth-order valence-electron chi connectivity index (χ4n) is 4.50. The predicted molar refractivity (Wildman–Crippen MR) is 123 cm³/mol. The first-order valence-electron chi connectivity index (χ1n) is 10.9. The summed E-state index contributed by atoms with van der Waals surface area (Å²) >= 11 is 5.83. The number of aromatic nitrogens is 4. The van der Waals surface area contributed by atoms with Crippen LogP contribution in [-0.4, -0.2) is 89.4 Å². The number of alkyl halides is 1. The summed E-state index contributed by atoms with van der Waals surface area (Å²) in [5, 5.41) is 30.5. The average molecular weight is 552 g/mol. The second-order valence-electron chi connectivity index (χ2n) is 8.78. The Morgan fingerprint density at radius 2 is 1.89 bits per heavy atom. The molecule has 1 unspecified atom stereocenters. The van der Waals surface area contributed by atoms with E-state index in [4.69, 9.17) is 26.8 Å². The number of anilines is 1. The van der Waals surface area contributed by atoms with Gasteiger partial charge >= 0.3 is 17.9 Å².